The Kier molecular flexibility index (Phi) is 5.73. The van der Waals surface area contributed by atoms with Gasteiger partial charge in [-0.05, 0) is 57.9 Å². The molecule has 0 bridgehead atoms. The van der Waals surface area contributed by atoms with Gasteiger partial charge in [-0.1, -0.05) is 15.9 Å². The molecule has 0 spiro atoms. The number of hydrogen-bond acceptors (Lipinski definition) is 3. The first-order valence-electron chi connectivity index (χ1n) is 7.74. The summed E-state index contributed by atoms with van der Waals surface area (Å²) in [6.07, 6.45) is 2.64. The molecule has 4 nitrogen and oxygen atoms in total. The highest BCUT2D eigenvalue weighted by Gasteiger charge is 2.25. The lowest BCUT2D eigenvalue weighted by Crippen LogP contribution is -2.37. The summed E-state index contributed by atoms with van der Waals surface area (Å²) in [4.78, 5) is 13.9. The minimum atomic E-state index is -0.448. The highest BCUT2D eigenvalue weighted by molar-refractivity contribution is 9.10. The lowest BCUT2D eigenvalue weighted by Gasteiger charge is -2.26. The van der Waals surface area contributed by atoms with Crippen molar-refractivity contribution in [3.63, 3.8) is 0 Å². The molecule has 1 amide bonds. The molecule has 1 aliphatic rings. The Labute approximate surface area is 140 Å². The van der Waals surface area contributed by atoms with Crippen LogP contribution in [0.25, 0.3) is 0 Å². The molecule has 5 heteroatoms. The summed E-state index contributed by atoms with van der Waals surface area (Å²) in [5.74, 6) is 0.874. The van der Waals surface area contributed by atoms with Gasteiger partial charge in [-0.15, -0.1) is 0 Å². The SMILES string of the molecule is CC(C)(C)OC(=O)N1CCCC(Oc2ccc(Br)cc2)CC1. The number of amides is 1. The maximum Gasteiger partial charge on any atom is 0.410 e. The second-order valence-corrected chi connectivity index (χ2v) is 7.51. The Bertz CT molecular complexity index is 496. The van der Waals surface area contributed by atoms with Crippen LogP contribution in [0.15, 0.2) is 28.7 Å². The number of hydrogen-bond donors (Lipinski definition) is 0. The van der Waals surface area contributed by atoms with Crippen LogP contribution in [0.3, 0.4) is 0 Å². The summed E-state index contributed by atoms with van der Waals surface area (Å²) in [5.41, 5.74) is -0.448. The molecule has 1 fully saturated rings. The predicted octanol–water partition coefficient (Wildman–Crippen LogP) is 4.62. The van der Waals surface area contributed by atoms with Crippen LogP contribution in [0.5, 0.6) is 5.75 Å². The predicted molar refractivity (Wildman–Crippen MR) is 90.2 cm³/mol. The standard InChI is InChI=1S/C17H24BrNO3/c1-17(2,3)22-16(20)19-11-4-5-14(10-12-19)21-15-8-6-13(18)7-9-15/h6-9,14H,4-5,10-12H2,1-3H3. The van der Waals surface area contributed by atoms with E-state index in [0.717, 1.165) is 36.0 Å². The van der Waals surface area contributed by atoms with Gasteiger partial charge in [0.1, 0.15) is 17.5 Å². The van der Waals surface area contributed by atoms with Gasteiger partial charge < -0.3 is 14.4 Å². The van der Waals surface area contributed by atoms with Gasteiger partial charge in [0.05, 0.1) is 0 Å². The second-order valence-electron chi connectivity index (χ2n) is 6.59. The van der Waals surface area contributed by atoms with Gasteiger partial charge in [0.25, 0.3) is 0 Å². The van der Waals surface area contributed by atoms with Crippen LogP contribution >= 0.6 is 15.9 Å². The third-order valence-electron chi connectivity index (χ3n) is 3.44. The Balaban J connectivity index is 1.87. The summed E-state index contributed by atoms with van der Waals surface area (Å²) >= 11 is 3.42. The lowest BCUT2D eigenvalue weighted by atomic mass is 10.1. The molecule has 1 saturated heterocycles. The minimum Gasteiger partial charge on any atom is -0.490 e. The largest absolute Gasteiger partial charge is 0.490 e. The number of likely N-dealkylation sites (tertiary alicyclic amines) is 1. The Morgan fingerprint density at radius 1 is 1.18 bits per heavy atom. The molecule has 1 unspecified atom stereocenters. The van der Waals surface area contributed by atoms with Gasteiger partial charge in [0, 0.05) is 24.0 Å². The first-order chi connectivity index (χ1) is 10.3. The van der Waals surface area contributed by atoms with E-state index in [0.29, 0.717) is 6.54 Å². The van der Waals surface area contributed by atoms with Crippen molar-refractivity contribution in [2.45, 2.75) is 51.7 Å². The fourth-order valence-corrected chi connectivity index (χ4v) is 2.66. The molecule has 1 aromatic carbocycles. The van der Waals surface area contributed by atoms with Gasteiger partial charge in [-0.25, -0.2) is 4.79 Å². The molecule has 0 N–H and O–H groups in total. The van der Waals surface area contributed by atoms with Crippen molar-refractivity contribution in [3.8, 4) is 5.75 Å². The summed E-state index contributed by atoms with van der Waals surface area (Å²) in [7, 11) is 0. The molecule has 122 valence electrons. The summed E-state index contributed by atoms with van der Waals surface area (Å²) in [5, 5.41) is 0. The molecule has 1 heterocycles. The average molecular weight is 370 g/mol. The number of nitrogens with zero attached hydrogens (tertiary/aromatic N) is 1. The number of rotatable bonds is 2. The normalized spacial score (nSPS) is 19.5. The second kappa shape index (κ2) is 7.36. The molecule has 0 saturated carbocycles. The minimum absolute atomic E-state index is 0.147. The third-order valence-corrected chi connectivity index (χ3v) is 3.97. The Hall–Kier alpha value is -1.23. The van der Waals surface area contributed by atoms with Crippen molar-refractivity contribution in [1.29, 1.82) is 0 Å². The van der Waals surface area contributed by atoms with Crippen LogP contribution in [0.1, 0.15) is 40.0 Å². The smallest absolute Gasteiger partial charge is 0.410 e. The van der Waals surface area contributed by atoms with Crippen molar-refractivity contribution >= 4 is 22.0 Å². The number of benzene rings is 1. The Morgan fingerprint density at radius 2 is 1.86 bits per heavy atom. The molecule has 2 rings (SSSR count). The van der Waals surface area contributed by atoms with Crippen molar-refractivity contribution in [2.24, 2.45) is 0 Å². The fourth-order valence-electron chi connectivity index (χ4n) is 2.40. The van der Waals surface area contributed by atoms with Crippen LogP contribution in [0.4, 0.5) is 4.79 Å². The molecular formula is C17H24BrNO3. The fraction of sp³-hybridized carbons (Fsp3) is 0.588. The molecule has 0 aromatic heterocycles. The van der Waals surface area contributed by atoms with Crippen LogP contribution < -0.4 is 4.74 Å². The number of carbonyl (C=O) groups excluding carboxylic acids is 1. The molecule has 0 aliphatic carbocycles. The van der Waals surface area contributed by atoms with Crippen LogP contribution in [-0.2, 0) is 4.74 Å². The third kappa shape index (κ3) is 5.52. The van der Waals surface area contributed by atoms with Crippen LogP contribution in [-0.4, -0.2) is 35.8 Å². The van der Waals surface area contributed by atoms with E-state index in [1.165, 1.54) is 0 Å². The molecule has 1 aliphatic heterocycles. The van der Waals surface area contributed by atoms with E-state index < -0.39 is 5.60 Å². The van der Waals surface area contributed by atoms with E-state index in [2.05, 4.69) is 15.9 Å². The molecular weight excluding hydrogens is 346 g/mol. The highest BCUT2D eigenvalue weighted by atomic mass is 79.9. The van der Waals surface area contributed by atoms with E-state index >= 15 is 0 Å². The quantitative estimate of drug-likeness (QED) is 0.763. The molecule has 0 radical (unpaired) electrons. The van der Waals surface area contributed by atoms with E-state index in [9.17, 15) is 4.79 Å². The van der Waals surface area contributed by atoms with E-state index in [1.807, 2.05) is 45.0 Å². The van der Waals surface area contributed by atoms with Crippen LogP contribution in [0.2, 0.25) is 0 Å². The highest BCUT2D eigenvalue weighted by Crippen LogP contribution is 2.22. The molecule has 22 heavy (non-hydrogen) atoms. The maximum absolute atomic E-state index is 12.1. The van der Waals surface area contributed by atoms with E-state index in [-0.39, 0.29) is 12.2 Å². The molecule has 1 aromatic rings. The van der Waals surface area contributed by atoms with Gasteiger partial charge >= 0.3 is 6.09 Å². The van der Waals surface area contributed by atoms with Crippen LogP contribution in [0, 0.1) is 0 Å². The summed E-state index contributed by atoms with van der Waals surface area (Å²) in [6.45, 7) is 7.08. The first kappa shape index (κ1) is 17.1. The maximum atomic E-state index is 12.1. The van der Waals surface area contributed by atoms with E-state index in [4.69, 9.17) is 9.47 Å². The number of halogens is 1. The summed E-state index contributed by atoms with van der Waals surface area (Å²) < 4.78 is 12.5. The Morgan fingerprint density at radius 3 is 2.50 bits per heavy atom. The zero-order valence-electron chi connectivity index (χ0n) is 13.5. The van der Waals surface area contributed by atoms with E-state index in [1.54, 1.807) is 4.90 Å². The van der Waals surface area contributed by atoms with Crippen molar-refractivity contribution in [3.05, 3.63) is 28.7 Å². The topological polar surface area (TPSA) is 38.8 Å². The van der Waals surface area contributed by atoms with Gasteiger partial charge in [-0.3, -0.25) is 0 Å². The monoisotopic (exact) mass is 369 g/mol. The van der Waals surface area contributed by atoms with Gasteiger partial charge in [-0.2, -0.15) is 0 Å². The van der Waals surface area contributed by atoms with Gasteiger partial charge in [0.2, 0.25) is 0 Å². The van der Waals surface area contributed by atoms with Gasteiger partial charge in [0.15, 0.2) is 0 Å². The van der Waals surface area contributed by atoms with Crippen molar-refractivity contribution in [2.75, 3.05) is 13.1 Å². The zero-order chi connectivity index (χ0) is 16.2. The number of ether oxygens (including phenoxy) is 2. The van der Waals surface area contributed by atoms with Crippen molar-refractivity contribution in [1.82, 2.24) is 4.90 Å². The lowest BCUT2D eigenvalue weighted by molar-refractivity contribution is 0.0252. The average Bonchev–Trinajstić information content (AvgIpc) is 2.65. The number of carbonyl (C=O) groups is 1. The first-order valence-corrected chi connectivity index (χ1v) is 8.53. The summed E-state index contributed by atoms with van der Waals surface area (Å²) in [6, 6.07) is 7.86. The molecule has 1 atom stereocenters. The van der Waals surface area contributed by atoms with Crippen molar-refractivity contribution < 1.29 is 14.3 Å². The zero-order valence-corrected chi connectivity index (χ0v) is 15.1.